The lowest BCUT2D eigenvalue weighted by atomic mass is 10.1. The SMILES string of the molecule is CN=C(NCCc1ccc(OC)cc1Cl)NCCc1nnc2ccccn12.I. The van der Waals surface area contributed by atoms with Gasteiger partial charge in [0.15, 0.2) is 11.6 Å². The van der Waals surface area contributed by atoms with Gasteiger partial charge in [0.1, 0.15) is 11.6 Å². The monoisotopic (exact) mass is 514 g/mol. The number of benzene rings is 1. The van der Waals surface area contributed by atoms with E-state index in [2.05, 4.69) is 25.8 Å². The van der Waals surface area contributed by atoms with Crippen LogP contribution in [0.2, 0.25) is 5.02 Å². The predicted octanol–water partition coefficient (Wildman–Crippen LogP) is 2.96. The average molecular weight is 515 g/mol. The van der Waals surface area contributed by atoms with Crippen LogP contribution in [0, 0.1) is 0 Å². The highest BCUT2D eigenvalue weighted by molar-refractivity contribution is 14.0. The Morgan fingerprint density at radius 3 is 2.64 bits per heavy atom. The van der Waals surface area contributed by atoms with Crippen molar-refractivity contribution in [3.63, 3.8) is 0 Å². The van der Waals surface area contributed by atoms with Gasteiger partial charge in [0.05, 0.1) is 7.11 Å². The minimum atomic E-state index is 0. The largest absolute Gasteiger partial charge is 0.497 e. The molecule has 0 bridgehead atoms. The van der Waals surface area contributed by atoms with Crippen LogP contribution >= 0.6 is 35.6 Å². The van der Waals surface area contributed by atoms with Crippen molar-refractivity contribution in [2.75, 3.05) is 27.2 Å². The van der Waals surface area contributed by atoms with Crippen molar-refractivity contribution in [3.05, 3.63) is 59.0 Å². The zero-order valence-electron chi connectivity index (χ0n) is 15.9. The Balaban J connectivity index is 0.00000280. The maximum Gasteiger partial charge on any atom is 0.191 e. The van der Waals surface area contributed by atoms with Crippen molar-refractivity contribution in [1.82, 2.24) is 25.2 Å². The molecule has 2 heterocycles. The lowest BCUT2D eigenvalue weighted by Gasteiger charge is -2.12. The number of nitrogens with zero attached hydrogens (tertiary/aromatic N) is 4. The molecule has 9 heteroatoms. The molecule has 0 unspecified atom stereocenters. The normalized spacial score (nSPS) is 11.2. The zero-order chi connectivity index (χ0) is 19.1. The zero-order valence-corrected chi connectivity index (χ0v) is 18.9. The highest BCUT2D eigenvalue weighted by Gasteiger charge is 2.06. The van der Waals surface area contributed by atoms with Crippen LogP contribution in [0.3, 0.4) is 0 Å². The lowest BCUT2D eigenvalue weighted by Crippen LogP contribution is -2.39. The summed E-state index contributed by atoms with van der Waals surface area (Å²) >= 11 is 6.28. The van der Waals surface area contributed by atoms with Gasteiger partial charge in [-0.2, -0.15) is 0 Å². The summed E-state index contributed by atoms with van der Waals surface area (Å²) in [4.78, 5) is 4.25. The van der Waals surface area contributed by atoms with Crippen LogP contribution < -0.4 is 15.4 Å². The van der Waals surface area contributed by atoms with E-state index in [9.17, 15) is 0 Å². The van der Waals surface area contributed by atoms with E-state index in [0.717, 1.165) is 48.1 Å². The van der Waals surface area contributed by atoms with Gasteiger partial charge < -0.3 is 15.4 Å². The highest BCUT2D eigenvalue weighted by Crippen LogP contribution is 2.22. The summed E-state index contributed by atoms with van der Waals surface area (Å²) in [7, 11) is 3.38. The number of aliphatic imine (C=N–C) groups is 1. The molecule has 0 aliphatic rings. The molecule has 0 atom stereocenters. The van der Waals surface area contributed by atoms with Crippen molar-refractivity contribution < 1.29 is 4.74 Å². The summed E-state index contributed by atoms with van der Waals surface area (Å²) in [5.74, 6) is 2.42. The van der Waals surface area contributed by atoms with E-state index in [1.807, 2.05) is 47.0 Å². The summed E-state index contributed by atoms with van der Waals surface area (Å²) in [6, 6.07) is 11.6. The molecule has 0 amide bonds. The second-order valence-corrected chi connectivity index (χ2v) is 6.34. The molecule has 2 N–H and O–H groups in total. The van der Waals surface area contributed by atoms with Crippen molar-refractivity contribution in [2.45, 2.75) is 12.8 Å². The molecule has 0 aliphatic heterocycles. The fourth-order valence-electron chi connectivity index (χ4n) is 2.75. The minimum Gasteiger partial charge on any atom is -0.497 e. The molecule has 0 aliphatic carbocycles. The molecule has 7 nitrogen and oxygen atoms in total. The Bertz CT molecular complexity index is 930. The minimum absolute atomic E-state index is 0. The average Bonchev–Trinajstić information content (AvgIpc) is 3.11. The van der Waals surface area contributed by atoms with Crippen LogP contribution in [0.4, 0.5) is 0 Å². The third-order valence-corrected chi connectivity index (χ3v) is 4.55. The van der Waals surface area contributed by atoms with E-state index in [1.165, 1.54) is 0 Å². The third kappa shape index (κ3) is 5.71. The van der Waals surface area contributed by atoms with Crippen LogP contribution in [-0.4, -0.2) is 47.8 Å². The van der Waals surface area contributed by atoms with Gasteiger partial charge in [-0.3, -0.25) is 9.39 Å². The standard InChI is InChI=1S/C19H23ClN6O.HI/c1-21-19(22-10-8-14-6-7-15(27-2)13-16(14)20)23-11-9-18-25-24-17-5-3-4-12-26(17)18;/h3-7,12-13H,8-11H2,1-2H3,(H2,21,22,23);1H. The van der Waals surface area contributed by atoms with Crippen LogP contribution in [0.1, 0.15) is 11.4 Å². The maximum absolute atomic E-state index is 6.28. The third-order valence-electron chi connectivity index (χ3n) is 4.20. The number of hydrogen-bond donors (Lipinski definition) is 2. The molecule has 150 valence electrons. The Hall–Kier alpha value is -2.07. The van der Waals surface area contributed by atoms with Gasteiger partial charge in [0.2, 0.25) is 0 Å². The number of fused-ring (bicyclic) bond motifs is 1. The molecule has 0 fully saturated rings. The lowest BCUT2D eigenvalue weighted by molar-refractivity contribution is 0.414. The molecular formula is C19H24ClIN6O. The van der Waals surface area contributed by atoms with E-state index in [-0.39, 0.29) is 24.0 Å². The second kappa shape index (κ2) is 11.1. The summed E-state index contributed by atoms with van der Waals surface area (Å²) in [5.41, 5.74) is 1.92. The fourth-order valence-corrected chi connectivity index (χ4v) is 3.01. The number of halogens is 2. The van der Waals surface area contributed by atoms with Crippen molar-refractivity contribution >= 4 is 47.2 Å². The Morgan fingerprint density at radius 1 is 1.14 bits per heavy atom. The molecule has 3 rings (SSSR count). The van der Waals surface area contributed by atoms with Crippen LogP contribution in [0.5, 0.6) is 5.75 Å². The second-order valence-electron chi connectivity index (χ2n) is 5.93. The number of rotatable bonds is 7. The van der Waals surface area contributed by atoms with Crippen LogP contribution in [0.25, 0.3) is 5.65 Å². The van der Waals surface area contributed by atoms with Crippen molar-refractivity contribution in [3.8, 4) is 5.75 Å². The Kier molecular flexibility index (Phi) is 8.78. The van der Waals surface area contributed by atoms with Gasteiger partial charge in [-0.25, -0.2) is 0 Å². The fraction of sp³-hybridized carbons (Fsp3) is 0.316. The van der Waals surface area contributed by atoms with Gasteiger partial charge in [0, 0.05) is 37.8 Å². The number of aromatic nitrogens is 3. The van der Waals surface area contributed by atoms with E-state index >= 15 is 0 Å². The predicted molar refractivity (Wildman–Crippen MR) is 123 cm³/mol. The molecule has 0 saturated carbocycles. The molecule has 0 radical (unpaired) electrons. The van der Waals surface area contributed by atoms with Gasteiger partial charge in [-0.05, 0) is 36.2 Å². The molecule has 0 saturated heterocycles. The Labute approximate surface area is 186 Å². The summed E-state index contributed by atoms with van der Waals surface area (Å²) in [6.45, 7) is 1.43. The number of pyridine rings is 1. The first-order valence-corrected chi connectivity index (χ1v) is 9.14. The quantitative estimate of drug-likeness (QED) is 0.288. The summed E-state index contributed by atoms with van der Waals surface area (Å²) in [6.07, 6.45) is 3.50. The van der Waals surface area contributed by atoms with Crippen LogP contribution in [0.15, 0.2) is 47.6 Å². The van der Waals surface area contributed by atoms with Gasteiger partial charge in [0.25, 0.3) is 0 Å². The molecule has 28 heavy (non-hydrogen) atoms. The van der Waals surface area contributed by atoms with Gasteiger partial charge >= 0.3 is 0 Å². The number of ether oxygens (including phenoxy) is 1. The smallest absolute Gasteiger partial charge is 0.191 e. The van der Waals surface area contributed by atoms with E-state index in [0.29, 0.717) is 11.6 Å². The molecule has 0 spiro atoms. The molecule has 3 aromatic rings. The Morgan fingerprint density at radius 2 is 1.93 bits per heavy atom. The number of methoxy groups -OCH3 is 1. The molecule has 1 aromatic carbocycles. The first-order valence-electron chi connectivity index (χ1n) is 8.77. The first kappa shape index (κ1) is 22.2. The first-order chi connectivity index (χ1) is 13.2. The summed E-state index contributed by atoms with van der Waals surface area (Å²) in [5, 5.41) is 15.7. The van der Waals surface area contributed by atoms with Crippen molar-refractivity contribution in [2.24, 2.45) is 4.99 Å². The van der Waals surface area contributed by atoms with Gasteiger partial charge in [-0.1, -0.05) is 23.7 Å². The van der Waals surface area contributed by atoms with E-state index in [4.69, 9.17) is 16.3 Å². The van der Waals surface area contributed by atoms with Crippen molar-refractivity contribution in [1.29, 1.82) is 0 Å². The van der Waals surface area contributed by atoms with Gasteiger partial charge in [-0.15, -0.1) is 34.2 Å². The summed E-state index contributed by atoms with van der Waals surface area (Å²) < 4.78 is 7.16. The topological polar surface area (TPSA) is 75.8 Å². The molecular weight excluding hydrogens is 491 g/mol. The number of guanidine groups is 1. The van der Waals surface area contributed by atoms with E-state index < -0.39 is 0 Å². The molecule has 2 aromatic heterocycles. The van der Waals surface area contributed by atoms with E-state index in [1.54, 1.807) is 14.2 Å². The number of nitrogens with one attached hydrogen (secondary N) is 2. The highest BCUT2D eigenvalue weighted by atomic mass is 127. The number of hydrogen-bond acceptors (Lipinski definition) is 4. The van der Waals surface area contributed by atoms with Crippen LogP contribution in [-0.2, 0) is 12.8 Å². The maximum atomic E-state index is 6.28.